The van der Waals surface area contributed by atoms with E-state index in [0.717, 1.165) is 13.0 Å². The molecule has 3 nitrogen and oxygen atoms in total. The number of nitrogens with two attached hydrogens (primary N) is 1. The molecule has 1 aliphatic carbocycles. The van der Waals surface area contributed by atoms with E-state index in [4.69, 9.17) is 5.73 Å². The van der Waals surface area contributed by atoms with Crippen LogP contribution in [0.2, 0.25) is 0 Å². The Morgan fingerprint density at radius 2 is 1.88 bits per heavy atom. The van der Waals surface area contributed by atoms with Crippen LogP contribution in [0.25, 0.3) is 0 Å². The molecule has 98 valence electrons. The van der Waals surface area contributed by atoms with E-state index < -0.39 is 0 Å². The van der Waals surface area contributed by atoms with Gasteiger partial charge in [-0.3, -0.25) is 4.79 Å². The van der Waals surface area contributed by atoms with E-state index in [2.05, 4.69) is 33.0 Å². The number of nitrogens with one attached hydrogen (secondary N) is 1. The summed E-state index contributed by atoms with van der Waals surface area (Å²) < 4.78 is 0. The van der Waals surface area contributed by atoms with Crippen LogP contribution >= 0.6 is 0 Å². The molecule has 0 aromatic rings. The fourth-order valence-corrected chi connectivity index (χ4v) is 2.51. The molecule has 3 N–H and O–H groups in total. The lowest BCUT2D eigenvalue weighted by atomic mass is 9.85. The third-order valence-electron chi connectivity index (χ3n) is 3.68. The van der Waals surface area contributed by atoms with Crippen molar-refractivity contribution in [2.45, 2.75) is 40.2 Å². The summed E-state index contributed by atoms with van der Waals surface area (Å²) in [5.74, 6) is 1.83. The minimum absolute atomic E-state index is 0.0232. The summed E-state index contributed by atoms with van der Waals surface area (Å²) in [5.41, 5.74) is 5.75. The summed E-state index contributed by atoms with van der Waals surface area (Å²) in [5, 5.41) is 3.06. The van der Waals surface area contributed by atoms with E-state index in [1.807, 2.05) is 12.2 Å². The van der Waals surface area contributed by atoms with Gasteiger partial charge in [0.25, 0.3) is 0 Å². The van der Waals surface area contributed by atoms with Gasteiger partial charge >= 0.3 is 0 Å². The molecule has 0 spiro atoms. The van der Waals surface area contributed by atoms with Crippen molar-refractivity contribution in [1.82, 2.24) is 5.32 Å². The highest BCUT2D eigenvalue weighted by atomic mass is 16.1. The van der Waals surface area contributed by atoms with Crippen molar-refractivity contribution in [1.29, 1.82) is 0 Å². The maximum absolute atomic E-state index is 11.9. The predicted octanol–water partition coefficient (Wildman–Crippen LogP) is 1.93. The molecule has 0 saturated heterocycles. The Hall–Kier alpha value is -0.830. The van der Waals surface area contributed by atoms with E-state index in [1.54, 1.807) is 0 Å². The Kier molecular flexibility index (Phi) is 5.19. The molecular formula is C14H26N2O. The van der Waals surface area contributed by atoms with Crippen LogP contribution in [0.4, 0.5) is 0 Å². The van der Waals surface area contributed by atoms with Crippen molar-refractivity contribution >= 4 is 5.91 Å². The van der Waals surface area contributed by atoms with Crippen molar-refractivity contribution in [3.63, 3.8) is 0 Å². The zero-order chi connectivity index (χ0) is 13.0. The van der Waals surface area contributed by atoms with Crippen molar-refractivity contribution in [3.05, 3.63) is 12.2 Å². The van der Waals surface area contributed by atoms with Gasteiger partial charge in [-0.15, -0.1) is 0 Å². The van der Waals surface area contributed by atoms with Crippen LogP contribution in [0.15, 0.2) is 12.2 Å². The van der Waals surface area contributed by atoms with Gasteiger partial charge in [-0.2, -0.15) is 0 Å². The number of hydrogen-bond donors (Lipinski definition) is 2. The monoisotopic (exact) mass is 238 g/mol. The molecule has 1 aliphatic rings. The first kappa shape index (κ1) is 14.2. The average Bonchev–Trinajstić information content (AvgIpc) is 2.63. The van der Waals surface area contributed by atoms with Gasteiger partial charge in [-0.1, -0.05) is 39.8 Å². The van der Waals surface area contributed by atoms with Gasteiger partial charge in [0, 0.05) is 12.6 Å². The summed E-state index contributed by atoms with van der Waals surface area (Å²) in [6, 6.07) is 0.0525. The standard InChI is InChI=1S/C14H26N2O/c1-9(2)13(10(3)4)8-16-14(17)11-5-6-12(15)7-11/h5-6,9-13H,7-8,15H2,1-4H3,(H,16,17). The van der Waals surface area contributed by atoms with E-state index in [-0.39, 0.29) is 17.9 Å². The maximum atomic E-state index is 11.9. The van der Waals surface area contributed by atoms with Crippen LogP contribution in [0.3, 0.4) is 0 Å². The van der Waals surface area contributed by atoms with Crippen LogP contribution < -0.4 is 11.1 Å². The molecule has 1 amide bonds. The number of rotatable bonds is 5. The fourth-order valence-electron chi connectivity index (χ4n) is 2.51. The summed E-state index contributed by atoms with van der Waals surface area (Å²) in [6.45, 7) is 9.61. The Labute approximate surface area is 105 Å². The Balaban J connectivity index is 2.39. The molecule has 3 heteroatoms. The van der Waals surface area contributed by atoms with Gasteiger partial charge in [0.1, 0.15) is 0 Å². The fraction of sp³-hybridized carbons (Fsp3) is 0.786. The van der Waals surface area contributed by atoms with E-state index >= 15 is 0 Å². The van der Waals surface area contributed by atoms with Gasteiger partial charge in [-0.05, 0) is 24.2 Å². The largest absolute Gasteiger partial charge is 0.355 e. The van der Waals surface area contributed by atoms with Crippen LogP contribution in [0.1, 0.15) is 34.1 Å². The first-order chi connectivity index (χ1) is 7.91. The second-order valence-electron chi connectivity index (χ2n) is 5.79. The molecular weight excluding hydrogens is 212 g/mol. The van der Waals surface area contributed by atoms with Gasteiger partial charge in [-0.25, -0.2) is 0 Å². The summed E-state index contributed by atoms with van der Waals surface area (Å²) in [6.07, 6.45) is 4.60. The van der Waals surface area contributed by atoms with Crippen LogP contribution in [-0.2, 0) is 4.79 Å². The highest BCUT2D eigenvalue weighted by Crippen LogP contribution is 2.20. The molecule has 0 bridgehead atoms. The molecule has 17 heavy (non-hydrogen) atoms. The average molecular weight is 238 g/mol. The Morgan fingerprint density at radius 1 is 1.29 bits per heavy atom. The first-order valence-corrected chi connectivity index (χ1v) is 6.63. The predicted molar refractivity (Wildman–Crippen MR) is 71.4 cm³/mol. The number of amides is 1. The highest BCUT2D eigenvalue weighted by molar-refractivity contribution is 5.81. The minimum atomic E-state index is -0.0232. The molecule has 0 radical (unpaired) electrons. The van der Waals surface area contributed by atoms with Crippen LogP contribution in [-0.4, -0.2) is 18.5 Å². The zero-order valence-corrected chi connectivity index (χ0v) is 11.4. The molecule has 0 aliphatic heterocycles. The Bertz CT molecular complexity index is 276. The summed E-state index contributed by atoms with van der Waals surface area (Å²) >= 11 is 0. The van der Waals surface area contributed by atoms with E-state index in [9.17, 15) is 4.79 Å². The molecule has 0 aromatic carbocycles. The van der Waals surface area contributed by atoms with E-state index in [0.29, 0.717) is 17.8 Å². The third-order valence-corrected chi connectivity index (χ3v) is 3.68. The lowest BCUT2D eigenvalue weighted by molar-refractivity contribution is -0.123. The summed E-state index contributed by atoms with van der Waals surface area (Å²) in [4.78, 5) is 11.9. The second kappa shape index (κ2) is 6.20. The van der Waals surface area contributed by atoms with Gasteiger partial charge in [0.2, 0.25) is 5.91 Å². The van der Waals surface area contributed by atoms with Gasteiger partial charge in [0.05, 0.1) is 5.92 Å². The lowest BCUT2D eigenvalue weighted by Gasteiger charge is -2.25. The number of carbonyl (C=O) groups excluding carboxylic acids is 1. The smallest absolute Gasteiger partial charge is 0.227 e. The minimum Gasteiger partial charge on any atom is -0.355 e. The Morgan fingerprint density at radius 3 is 2.29 bits per heavy atom. The molecule has 0 fully saturated rings. The molecule has 0 heterocycles. The van der Waals surface area contributed by atoms with Crippen molar-refractivity contribution in [3.8, 4) is 0 Å². The van der Waals surface area contributed by atoms with Gasteiger partial charge in [0.15, 0.2) is 0 Å². The number of hydrogen-bond acceptors (Lipinski definition) is 2. The van der Waals surface area contributed by atoms with Crippen molar-refractivity contribution in [2.75, 3.05) is 6.54 Å². The normalized spacial score (nSPS) is 24.0. The topological polar surface area (TPSA) is 55.1 Å². The van der Waals surface area contributed by atoms with Crippen LogP contribution in [0, 0.1) is 23.7 Å². The second-order valence-corrected chi connectivity index (χ2v) is 5.79. The van der Waals surface area contributed by atoms with Crippen molar-refractivity contribution < 1.29 is 4.79 Å². The molecule has 2 unspecified atom stereocenters. The van der Waals surface area contributed by atoms with Crippen molar-refractivity contribution in [2.24, 2.45) is 29.4 Å². The third kappa shape index (κ3) is 4.15. The molecule has 2 atom stereocenters. The first-order valence-electron chi connectivity index (χ1n) is 6.63. The maximum Gasteiger partial charge on any atom is 0.227 e. The number of carbonyl (C=O) groups is 1. The molecule has 0 aromatic heterocycles. The van der Waals surface area contributed by atoms with E-state index in [1.165, 1.54) is 0 Å². The molecule has 0 saturated carbocycles. The molecule has 1 rings (SSSR count). The summed E-state index contributed by atoms with van der Waals surface area (Å²) in [7, 11) is 0. The zero-order valence-electron chi connectivity index (χ0n) is 11.4. The quantitative estimate of drug-likeness (QED) is 0.719. The van der Waals surface area contributed by atoms with Gasteiger partial charge < -0.3 is 11.1 Å². The lowest BCUT2D eigenvalue weighted by Crippen LogP contribution is -2.37. The SMILES string of the molecule is CC(C)C(CNC(=O)C1C=CC(N)C1)C(C)C. The van der Waals surface area contributed by atoms with Crippen LogP contribution in [0.5, 0.6) is 0 Å². The highest BCUT2D eigenvalue weighted by Gasteiger charge is 2.24.